The van der Waals surface area contributed by atoms with Crippen molar-refractivity contribution in [2.45, 2.75) is 24.8 Å². The Morgan fingerprint density at radius 2 is 1.89 bits per heavy atom. The molecule has 1 aromatic carbocycles. The molecular weight excluding hydrogens is 444 g/mol. The highest BCUT2D eigenvalue weighted by atomic mass is 16.2. The van der Waals surface area contributed by atoms with Crippen LogP contribution in [0.5, 0.6) is 0 Å². The summed E-state index contributed by atoms with van der Waals surface area (Å²) in [5.74, 6) is 0.732. The minimum Gasteiger partial charge on any atom is -0.355 e. The maximum Gasteiger partial charge on any atom is 0.287 e. The lowest BCUT2D eigenvalue weighted by molar-refractivity contribution is -0.121. The summed E-state index contributed by atoms with van der Waals surface area (Å²) in [6.45, 7) is 1.67. The molecule has 2 aliphatic heterocycles. The van der Waals surface area contributed by atoms with E-state index in [2.05, 4.69) is 35.5 Å². The second kappa shape index (κ2) is 8.15. The maximum atomic E-state index is 12.9. The van der Waals surface area contributed by atoms with E-state index in [1.54, 1.807) is 24.0 Å². The molecule has 2 amide bonds. The lowest BCUT2D eigenvalue weighted by Gasteiger charge is -2.38. The number of nitrogens with one attached hydrogen (secondary N) is 2. The summed E-state index contributed by atoms with van der Waals surface area (Å²) in [4.78, 5) is 45.5. The summed E-state index contributed by atoms with van der Waals surface area (Å²) in [6, 6.07) is 11.6. The van der Waals surface area contributed by atoms with Crippen molar-refractivity contribution >= 4 is 34.5 Å². The Bertz CT molecular complexity index is 1440. The number of nitrogens with zero attached hydrogens (tertiary/aromatic N) is 6. The number of imidazole rings is 1. The van der Waals surface area contributed by atoms with Crippen LogP contribution in [0.25, 0.3) is 11.2 Å². The number of hydrogen-bond acceptors (Lipinski definition) is 7. The molecule has 35 heavy (non-hydrogen) atoms. The van der Waals surface area contributed by atoms with Gasteiger partial charge in [-0.05, 0) is 42.2 Å². The molecule has 0 radical (unpaired) electrons. The van der Waals surface area contributed by atoms with Gasteiger partial charge in [0.05, 0.1) is 5.41 Å². The molecule has 3 aromatic heterocycles. The molecule has 10 nitrogen and oxygen atoms in total. The number of fused-ring (bicyclic) bond motifs is 3. The van der Waals surface area contributed by atoms with Crippen molar-refractivity contribution in [1.29, 1.82) is 0 Å². The number of benzene rings is 1. The second-order valence-corrected chi connectivity index (χ2v) is 8.97. The third kappa shape index (κ3) is 3.40. The largest absolute Gasteiger partial charge is 0.355 e. The summed E-state index contributed by atoms with van der Waals surface area (Å²) in [7, 11) is 1.78. The number of anilines is 2. The number of rotatable bonds is 4. The molecule has 6 rings (SSSR count). The number of carbonyl (C=O) groups excluding carboxylic acids is 2. The van der Waals surface area contributed by atoms with Crippen molar-refractivity contribution in [3.05, 3.63) is 72.1 Å². The predicted molar refractivity (Wildman–Crippen MR) is 130 cm³/mol. The molecule has 0 atom stereocenters. The first-order valence-corrected chi connectivity index (χ1v) is 11.6. The van der Waals surface area contributed by atoms with E-state index in [-0.39, 0.29) is 17.6 Å². The number of amides is 2. The molecule has 0 unspecified atom stereocenters. The van der Waals surface area contributed by atoms with Gasteiger partial charge in [-0.25, -0.2) is 15.0 Å². The zero-order valence-corrected chi connectivity index (χ0v) is 19.2. The van der Waals surface area contributed by atoms with E-state index in [9.17, 15) is 9.59 Å². The van der Waals surface area contributed by atoms with Crippen molar-refractivity contribution in [2.75, 3.05) is 23.3 Å². The second-order valence-electron chi connectivity index (χ2n) is 8.97. The van der Waals surface area contributed by atoms with E-state index in [0.29, 0.717) is 49.5 Å². The van der Waals surface area contributed by atoms with E-state index in [1.165, 1.54) is 6.33 Å². The van der Waals surface area contributed by atoms with Crippen LogP contribution in [0.15, 0.2) is 55.1 Å². The summed E-state index contributed by atoms with van der Waals surface area (Å²) < 4.78 is 1.69. The van der Waals surface area contributed by atoms with Gasteiger partial charge in [0, 0.05) is 44.8 Å². The highest BCUT2D eigenvalue weighted by Gasteiger charge is 2.48. The summed E-state index contributed by atoms with van der Waals surface area (Å²) in [6.07, 6.45) is 6.23. The molecule has 2 aliphatic rings. The third-order valence-corrected chi connectivity index (χ3v) is 7.08. The molecule has 4 aromatic rings. The van der Waals surface area contributed by atoms with Crippen LogP contribution >= 0.6 is 0 Å². The third-order valence-electron chi connectivity index (χ3n) is 7.08. The number of hydrogen-bond donors (Lipinski definition) is 2. The number of aryl methyl sites for hydroxylation is 1. The first kappa shape index (κ1) is 21.2. The fraction of sp³-hybridized carbons (Fsp3) is 0.280. The Morgan fingerprint density at radius 3 is 2.69 bits per heavy atom. The molecule has 10 heteroatoms. The Kier molecular flexibility index (Phi) is 4.94. The predicted octanol–water partition coefficient (Wildman–Crippen LogP) is 2.18. The Hall–Kier alpha value is -4.34. The van der Waals surface area contributed by atoms with Gasteiger partial charge in [-0.1, -0.05) is 18.2 Å². The Labute approximate surface area is 201 Å². The zero-order valence-electron chi connectivity index (χ0n) is 19.2. The zero-order chi connectivity index (χ0) is 24.0. The van der Waals surface area contributed by atoms with Gasteiger partial charge in [0.1, 0.15) is 6.33 Å². The Balaban J connectivity index is 1.25. The van der Waals surface area contributed by atoms with Crippen molar-refractivity contribution in [1.82, 2.24) is 29.8 Å². The molecule has 1 saturated heterocycles. The first-order valence-electron chi connectivity index (χ1n) is 11.6. The van der Waals surface area contributed by atoms with Crippen LogP contribution < -0.4 is 15.5 Å². The molecule has 0 bridgehead atoms. The highest BCUT2D eigenvalue weighted by Crippen LogP contribution is 2.45. The van der Waals surface area contributed by atoms with Crippen LogP contribution in [-0.4, -0.2) is 49.4 Å². The average molecular weight is 469 g/mol. The van der Waals surface area contributed by atoms with Crippen LogP contribution in [-0.2, 0) is 23.8 Å². The summed E-state index contributed by atoms with van der Waals surface area (Å²) in [5, 5.41) is 5.95. The number of para-hydroxylation sites is 1. The highest BCUT2D eigenvalue weighted by molar-refractivity contribution is 6.06. The van der Waals surface area contributed by atoms with Crippen LogP contribution in [0, 0.1) is 0 Å². The fourth-order valence-electron chi connectivity index (χ4n) is 5.15. The molecule has 176 valence electrons. The van der Waals surface area contributed by atoms with Gasteiger partial charge in [-0.15, -0.1) is 0 Å². The van der Waals surface area contributed by atoms with Crippen molar-refractivity contribution in [3.8, 4) is 0 Å². The smallest absolute Gasteiger partial charge is 0.287 e. The van der Waals surface area contributed by atoms with Gasteiger partial charge in [0.2, 0.25) is 11.7 Å². The van der Waals surface area contributed by atoms with E-state index >= 15 is 0 Å². The molecule has 2 N–H and O–H groups in total. The van der Waals surface area contributed by atoms with E-state index in [0.717, 1.165) is 16.8 Å². The van der Waals surface area contributed by atoms with Crippen LogP contribution in [0.1, 0.15) is 34.6 Å². The standard InChI is InChI=1S/C25H24N8O2/c1-32-20-19(31-22(32)23(34)27-14-16-6-10-26-11-7-16)21(29-15-28-20)33-12-8-25(9-13-33)17-4-2-3-5-18(17)30-24(25)35/h2-7,10-11,15H,8-9,12-14H2,1H3,(H,27,34)(H,30,35). The van der Waals surface area contributed by atoms with E-state index in [1.807, 2.05) is 36.4 Å². The van der Waals surface area contributed by atoms with Crippen LogP contribution in [0.3, 0.4) is 0 Å². The molecule has 0 saturated carbocycles. The monoisotopic (exact) mass is 468 g/mol. The molecular formula is C25H24N8O2. The fourth-order valence-corrected chi connectivity index (χ4v) is 5.15. The summed E-state index contributed by atoms with van der Waals surface area (Å²) >= 11 is 0. The summed E-state index contributed by atoms with van der Waals surface area (Å²) in [5.41, 5.74) is 3.59. The maximum absolute atomic E-state index is 12.9. The lowest BCUT2D eigenvalue weighted by atomic mass is 9.73. The SMILES string of the molecule is Cn1c(C(=O)NCc2ccncc2)nc2c(N3CCC4(CC3)C(=O)Nc3ccccc34)ncnc21. The minimum absolute atomic E-state index is 0.0668. The van der Waals surface area contributed by atoms with E-state index in [4.69, 9.17) is 0 Å². The average Bonchev–Trinajstić information content (AvgIpc) is 3.38. The molecule has 5 heterocycles. The van der Waals surface area contributed by atoms with Gasteiger partial charge in [0.15, 0.2) is 17.0 Å². The van der Waals surface area contributed by atoms with E-state index < -0.39 is 5.41 Å². The Morgan fingerprint density at radius 1 is 1.11 bits per heavy atom. The normalized spacial score (nSPS) is 16.4. The quantitative estimate of drug-likeness (QED) is 0.471. The van der Waals surface area contributed by atoms with Gasteiger partial charge in [-0.3, -0.25) is 14.6 Å². The lowest BCUT2D eigenvalue weighted by Crippen LogP contribution is -2.46. The number of carbonyl (C=O) groups is 2. The number of pyridine rings is 1. The van der Waals surface area contributed by atoms with Gasteiger partial charge < -0.3 is 20.1 Å². The van der Waals surface area contributed by atoms with Gasteiger partial charge in [-0.2, -0.15) is 0 Å². The number of piperidine rings is 1. The van der Waals surface area contributed by atoms with Gasteiger partial charge >= 0.3 is 0 Å². The molecule has 1 fully saturated rings. The molecule has 1 spiro atoms. The van der Waals surface area contributed by atoms with Crippen LogP contribution in [0.4, 0.5) is 11.5 Å². The topological polar surface area (TPSA) is 118 Å². The minimum atomic E-state index is -0.513. The first-order chi connectivity index (χ1) is 17.1. The molecule has 0 aliphatic carbocycles. The number of aromatic nitrogens is 5. The van der Waals surface area contributed by atoms with Crippen molar-refractivity contribution < 1.29 is 9.59 Å². The van der Waals surface area contributed by atoms with Crippen LogP contribution in [0.2, 0.25) is 0 Å². The van der Waals surface area contributed by atoms with Crippen molar-refractivity contribution in [3.63, 3.8) is 0 Å². The van der Waals surface area contributed by atoms with Crippen molar-refractivity contribution in [2.24, 2.45) is 7.05 Å². The van der Waals surface area contributed by atoms with Gasteiger partial charge in [0.25, 0.3) is 5.91 Å².